The van der Waals surface area contributed by atoms with Crippen LogP contribution in [0, 0.1) is 11.2 Å². The number of fused-ring (bicyclic) bond motifs is 1. The molecular formula is C28H24FNO5. The lowest BCUT2D eigenvalue weighted by Gasteiger charge is -2.18. The van der Waals surface area contributed by atoms with Crippen molar-refractivity contribution < 1.29 is 28.3 Å². The fourth-order valence-electron chi connectivity index (χ4n) is 3.88. The Balaban J connectivity index is 1.78. The largest absolute Gasteiger partial charge is 0.481 e. The third kappa shape index (κ3) is 4.71. The summed E-state index contributed by atoms with van der Waals surface area (Å²) in [4.78, 5) is 37.0. The molecule has 0 aliphatic heterocycles. The van der Waals surface area contributed by atoms with Crippen LogP contribution in [-0.2, 0) is 4.79 Å². The first-order valence-electron chi connectivity index (χ1n) is 11.0. The molecule has 7 heteroatoms. The second-order valence-corrected chi connectivity index (χ2v) is 8.97. The molecule has 0 atom stereocenters. The van der Waals surface area contributed by atoms with Crippen LogP contribution in [0.15, 0.2) is 71.1 Å². The minimum absolute atomic E-state index is 0.131. The summed E-state index contributed by atoms with van der Waals surface area (Å²) >= 11 is 0. The van der Waals surface area contributed by atoms with Crippen LogP contribution in [-0.4, -0.2) is 29.8 Å². The van der Waals surface area contributed by atoms with Crippen molar-refractivity contribution in [2.75, 3.05) is 7.05 Å². The van der Waals surface area contributed by atoms with Crippen LogP contribution in [0.2, 0.25) is 0 Å². The first kappa shape index (κ1) is 23.9. The quantitative estimate of drug-likeness (QED) is 0.323. The molecule has 0 saturated carbocycles. The first-order valence-corrected chi connectivity index (χ1v) is 11.0. The molecule has 0 spiro atoms. The van der Waals surface area contributed by atoms with Gasteiger partial charge < -0.3 is 14.8 Å². The topological polar surface area (TPSA) is 96.6 Å². The van der Waals surface area contributed by atoms with Crippen molar-refractivity contribution in [2.24, 2.45) is 5.41 Å². The minimum atomic E-state index is -1.18. The van der Waals surface area contributed by atoms with Gasteiger partial charge in [0, 0.05) is 30.0 Å². The van der Waals surface area contributed by atoms with Gasteiger partial charge in [0.1, 0.15) is 17.2 Å². The lowest BCUT2D eigenvalue weighted by molar-refractivity contribution is -0.146. The molecule has 0 saturated heterocycles. The summed E-state index contributed by atoms with van der Waals surface area (Å²) in [5.41, 5.74) is 2.09. The number of aliphatic carboxylic acids is 1. The Hall–Kier alpha value is -4.26. The van der Waals surface area contributed by atoms with E-state index in [-0.39, 0.29) is 18.1 Å². The molecule has 1 amide bonds. The molecule has 0 aliphatic carbocycles. The van der Waals surface area contributed by atoms with E-state index < -0.39 is 17.2 Å². The van der Waals surface area contributed by atoms with Gasteiger partial charge in [-0.05, 0) is 67.4 Å². The number of rotatable bonds is 7. The van der Waals surface area contributed by atoms with Crippen LogP contribution < -0.4 is 5.32 Å². The van der Waals surface area contributed by atoms with Crippen LogP contribution in [0.4, 0.5) is 4.39 Å². The van der Waals surface area contributed by atoms with Crippen LogP contribution in [0.5, 0.6) is 0 Å². The summed E-state index contributed by atoms with van der Waals surface area (Å²) in [7, 11) is 1.52. The lowest BCUT2D eigenvalue weighted by atomic mass is 9.85. The van der Waals surface area contributed by atoms with E-state index in [2.05, 4.69) is 5.32 Å². The van der Waals surface area contributed by atoms with E-state index in [1.807, 2.05) is 12.1 Å². The predicted molar refractivity (Wildman–Crippen MR) is 131 cm³/mol. The maximum Gasteiger partial charge on any atom is 0.309 e. The van der Waals surface area contributed by atoms with Gasteiger partial charge in [-0.2, -0.15) is 0 Å². The maximum atomic E-state index is 13.4. The predicted octanol–water partition coefficient (Wildman–Crippen LogP) is 5.95. The van der Waals surface area contributed by atoms with Gasteiger partial charge in [-0.3, -0.25) is 14.4 Å². The van der Waals surface area contributed by atoms with Gasteiger partial charge >= 0.3 is 5.97 Å². The highest BCUT2D eigenvalue weighted by molar-refractivity contribution is 6.12. The van der Waals surface area contributed by atoms with Gasteiger partial charge in [0.15, 0.2) is 5.78 Å². The normalized spacial score (nSPS) is 11.4. The van der Waals surface area contributed by atoms with E-state index in [4.69, 9.17) is 4.42 Å². The third-order valence-electron chi connectivity index (χ3n) is 5.95. The number of ketones is 1. The van der Waals surface area contributed by atoms with Crippen molar-refractivity contribution >= 4 is 28.6 Å². The standard InChI is InChI=1S/C28H24FNO5/c1-28(2,27(33)34)15-22(31)19-6-4-5-17(13-19)18-9-12-23-21(14-18)24(26(32)30-3)25(35-23)16-7-10-20(29)11-8-16/h4-14H,15H2,1-3H3,(H,30,32)(H,33,34). The highest BCUT2D eigenvalue weighted by Crippen LogP contribution is 2.36. The number of furan rings is 1. The van der Waals surface area contributed by atoms with Crippen molar-refractivity contribution in [2.45, 2.75) is 20.3 Å². The van der Waals surface area contributed by atoms with E-state index in [0.29, 0.717) is 33.4 Å². The average Bonchev–Trinajstić information content (AvgIpc) is 3.22. The summed E-state index contributed by atoms with van der Waals surface area (Å²) in [6, 6.07) is 18.0. The van der Waals surface area contributed by atoms with E-state index in [9.17, 15) is 23.9 Å². The monoisotopic (exact) mass is 473 g/mol. The van der Waals surface area contributed by atoms with E-state index >= 15 is 0 Å². The maximum absolute atomic E-state index is 13.4. The summed E-state index contributed by atoms with van der Waals surface area (Å²) < 4.78 is 19.4. The second-order valence-electron chi connectivity index (χ2n) is 8.97. The molecule has 0 radical (unpaired) electrons. The third-order valence-corrected chi connectivity index (χ3v) is 5.95. The van der Waals surface area contributed by atoms with Gasteiger partial charge in [-0.15, -0.1) is 0 Å². The number of carboxylic acid groups (broad SMARTS) is 1. The minimum Gasteiger partial charge on any atom is -0.481 e. The van der Waals surface area contributed by atoms with Gasteiger partial charge in [0.2, 0.25) is 0 Å². The van der Waals surface area contributed by atoms with Gasteiger partial charge in [0.25, 0.3) is 5.91 Å². The van der Waals surface area contributed by atoms with Crippen LogP contribution in [0.3, 0.4) is 0 Å². The Morgan fingerprint density at radius 2 is 1.60 bits per heavy atom. The SMILES string of the molecule is CNC(=O)c1c(-c2ccc(F)cc2)oc2ccc(-c3cccc(C(=O)CC(C)(C)C(=O)O)c3)cc12. The zero-order valence-corrected chi connectivity index (χ0v) is 19.5. The molecule has 2 N–H and O–H groups in total. The fraction of sp³-hybridized carbons (Fsp3) is 0.179. The molecule has 4 rings (SSSR count). The number of carbonyl (C=O) groups is 3. The lowest BCUT2D eigenvalue weighted by Crippen LogP contribution is -2.26. The number of amides is 1. The number of carbonyl (C=O) groups excluding carboxylic acids is 2. The number of benzene rings is 3. The van der Waals surface area contributed by atoms with E-state index in [1.165, 1.54) is 33.0 Å². The summed E-state index contributed by atoms with van der Waals surface area (Å²) in [6.07, 6.45) is -0.131. The average molecular weight is 474 g/mol. The Morgan fingerprint density at radius 1 is 0.943 bits per heavy atom. The fourth-order valence-corrected chi connectivity index (χ4v) is 3.88. The van der Waals surface area contributed by atoms with Gasteiger partial charge in [-0.25, -0.2) is 4.39 Å². The number of halogens is 1. The molecule has 3 aromatic carbocycles. The molecule has 35 heavy (non-hydrogen) atoms. The Labute approximate surface area is 201 Å². The van der Waals surface area contributed by atoms with Crippen molar-refractivity contribution in [3.63, 3.8) is 0 Å². The number of hydrogen-bond acceptors (Lipinski definition) is 4. The highest BCUT2D eigenvalue weighted by atomic mass is 19.1. The number of hydrogen-bond donors (Lipinski definition) is 2. The first-order chi connectivity index (χ1) is 16.6. The van der Waals surface area contributed by atoms with Crippen molar-refractivity contribution in [1.82, 2.24) is 5.32 Å². The Morgan fingerprint density at radius 3 is 2.26 bits per heavy atom. The van der Waals surface area contributed by atoms with Gasteiger partial charge in [0.05, 0.1) is 11.0 Å². The molecule has 0 aliphatic rings. The Bertz CT molecular complexity index is 1450. The molecular weight excluding hydrogens is 449 g/mol. The van der Waals surface area contributed by atoms with Crippen molar-refractivity contribution in [3.8, 4) is 22.5 Å². The molecule has 178 valence electrons. The number of nitrogens with one attached hydrogen (secondary N) is 1. The molecule has 4 aromatic rings. The van der Waals surface area contributed by atoms with Crippen LogP contribution in [0.25, 0.3) is 33.4 Å². The zero-order valence-electron chi connectivity index (χ0n) is 19.5. The smallest absolute Gasteiger partial charge is 0.309 e. The molecule has 0 bridgehead atoms. The van der Waals surface area contributed by atoms with E-state index in [1.54, 1.807) is 42.5 Å². The number of carboxylic acids is 1. The Kier molecular flexibility index (Phi) is 6.26. The van der Waals surface area contributed by atoms with Crippen LogP contribution in [0.1, 0.15) is 41.0 Å². The molecule has 6 nitrogen and oxygen atoms in total. The number of Topliss-reactive ketones (excluding diaryl/α,β-unsaturated/α-hetero) is 1. The summed E-state index contributed by atoms with van der Waals surface area (Å²) in [6.45, 7) is 3.03. The molecule has 0 unspecified atom stereocenters. The molecule has 1 aromatic heterocycles. The summed E-state index contributed by atoms with van der Waals surface area (Å²) in [5.74, 6) is -1.72. The van der Waals surface area contributed by atoms with Crippen molar-refractivity contribution in [3.05, 3.63) is 83.7 Å². The zero-order chi connectivity index (χ0) is 25.3. The highest BCUT2D eigenvalue weighted by Gasteiger charge is 2.30. The molecule has 1 heterocycles. The summed E-state index contributed by atoms with van der Waals surface area (Å²) in [5, 5.41) is 12.6. The van der Waals surface area contributed by atoms with E-state index in [0.717, 1.165) is 11.1 Å². The van der Waals surface area contributed by atoms with Crippen LogP contribution >= 0.6 is 0 Å². The van der Waals surface area contributed by atoms with Gasteiger partial charge in [-0.1, -0.05) is 24.3 Å². The molecule has 0 fully saturated rings. The second kappa shape index (κ2) is 9.18. The van der Waals surface area contributed by atoms with Crippen molar-refractivity contribution in [1.29, 1.82) is 0 Å².